The molecule has 0 spiro atoms. The Balaban J connectivity index is 1.98. The second-order valence-corrected chi connectivity index (χ2v) is 5.68. The second kappa shape index (κ2) is 6.45. The van der Waals surface area contributed by atoms with Crippen LogP contribution in [0.25, 0.3) is 22.5 Å². The number of carbonyl (C=O) groups is 1. The molecule has 0 aliphatic carbocycles. The lowest BCUT2D eigenvalue weighted by molar-refractivity contribution is 0.0797. The first kappa shape index (κ1) is 16.2. The molecule has 1 amide bonds. The molecule has 0 aliphatic rings. The largest absolute Gasteiger partial charge is 0.357 e. The van der Waals surface area contributed by atoms with E-state index in [9.17, 15) is 9.18 Å². The first-order valence-corrected chi connectivity index (χ1v) is 7.69. The summed E-state index contributed by atoms with van der Waals surface area (Å²) in [5.74, 6) is -0.610. The van der Waals surface area contributed by atoms with Gasteiger partial charge in [-0.2, -0.15) is 15.4 Å². The third-order valence-electron chi connectivity index (χ3n) is 3.75. The molecule has 2 aromatic heterocycles. The predicted octanol–water partition coefficient (Wildman–Crippen LogP) is 3.35. The molecule has 0 unspecified atom stereocenters. The van der Waals surface area contributed by atoms with Gasteiger partial charge in [0.2, 0.25) is 0 Å². The molecule has 8 heteroatoms. The van der Waals surface area contributed by atoms with E-state index in [-0.39, 0.29) is 10.9 Å². The molecule has 0 bridgehead atoms. The normalized spacial score (nSPS) is 10.8. The third kappa shape index (κ3) is 2.90. The lowest BCUT2D eigenvalue weighted by Gasteiger charge is -2.12. The number of amides is 1. The Morgan fingerprint density at radius 2 is 1.96 bits per heavy atom. The highest BCUT2D eigenvalue weighted by atomic mass is 35.5. The van der Waals surface area contributed by atoms with Crippen LogP contribution in [0.1, 0.15) is 17.4 Å². The number of aromatic amines is 2. The van der Waals surface area contributed by atoms with E-state index in [4.69, 9.17) is 11.6 Å². The highest BCUT2D eigenvalue weighted by molar-refractivity contribution is 6.31. The van der Waals surface area contributed by atoms with Gasteiger partial charge in [0.1, 0.15) is 22.9 Å². The number of hydrogen-bond donors (Lipinski definition) is 2. The van der Waals surface area contributed by atoms with E-state index in [2.05, 4.69) is 20.4 Å². The molecule has 24 heavy (non-hydrogen) atoms. The first-order chi connectivity index (χ1) is 11.5. The molecular weight excluding hydrogens is 333 g/mol. The Kier molecular flexibility index (Phi) is 4.35. The zero-order valence-electron chi connectivity index (χ0n) is 13.1. The number of aromatic nitrogens is 4. The topological polar surface area (TPSA) is 77.7 Å². The molecule has 2 N–H and O–H groups in total. The molecule has 0 atom stereocenters. The van der Waals surface area contributed by atoms with Crippen LogP contribution in [0.4, 0.5) is 4.39 Å². The minimum Gasteiger partial charge on any atom is -0.357 e. The van der Waals surface area contributed by atoms with Gasteiger partial charge >= 0.3 is 0 Å². The van der Waals surface area contributed by atoms with Gasteiger partial charge in [-0.3, -0.25) is 4.79 Å². The number of H-pyrrole nitrogens is 2. The summed E-state index contributed by atoms with van der Waals surface area (Å²) in [5, 5.41) is 10.8. The van der Waals surface area contributed by atoms with Crippen molar-refractivity contribution in [3.63, 3.8) is 0 Å². The van der Waals surface area contributed by atoms with Gasteiger partial charge in [0.05, 0.1) is 5.02 Å². The summed E-state index contributed by atoms with van der Waals surface area (Å²) in [5.41, 5.74) is 2.86. The van der Waals surface area contributed by atoms with Crippen molar-refractivity contribution in [3.05, 3.63) is 47.0 Å². The minimum absolute atomic E-state index is 0.0101. The van der Waals surface area contributed by atoms with Crippen molar-refractivity contribution in [2.24, 2.45) is 0 Å². The van der Waals surface area contributed by atoms with E-state index >= 15 is 0 Å². The van der Waals surface area contributed by atoms with Crippen LogP contribution >= 0.6 is 11.6 Å². The molecule has 0 fully saturated rings. The van der Waals surface area contributed by atoms with E-state index in [0.717, 1.165) is 0 Å². The highest BCUT2D eigenvalue weighted by Gasteiger charge is 2.18. The van der Waals surface area contributed by atoms with Gasteiger partial charge < -0.3 is 9.88 Å². The molecule has 0 saturated carbocycles. The standard InChI is InChI=1S/C16H15ClFN5O/c1-3-23(2)16(24)13-7-10(8-19-13)15-14(20-22-21-15)9-4-5-12(18)11(17)6-9/h4-8,19H,3H2,1-2H3,(H,20,21,22). The van der Waals surface area contributed by atoms with Crippen molar-refractivity contribution in [1.29, 1.82) is 0 Å². The Bertz CT molecular complexity index is 888. The second-order valence-electron chi connectivity index (χ2n) is 5.27. The third-order valence-corrected chi connectivity index (χ3v) is 4.04. The maximum absolute atomic E-state index is 13.3. The van der Waals surface area contributed by atoms with Crippen molar-refractivity contribution in [1.82, 2.24) is 25.3 Å². The lowest BCUT2D eigenvalue weighted by atomic mass is 10.1. The van der Waals surface area contributed by atoms with Gasteiger partial charge in [-0.1, -0.05) is 11.6 Å². The summed E-state index contributed by atoms with van der Waals surface area (Å²) >= 11 is 5.84. The quantitative estimate of drug-likeness (QED) is 0.759. The molecule has 2 heterocycles. The summed E-state index contributed by atoms with van der Waals surface area (Å²) in [6.07, 6.45) is 1.68. The van der Waals surface area contributed by atoms with E-state index in [1.54, 1.807) is 30.3 Å². The molecule has 0 radical (unpaired) electrons. The fraction of sp³-hybridized carbons (Fsp3) is 0.188. The van der Waals surface area contributed by atoms with Crippen LogP contribution in [0.2, 0.25) is 5.02 Å². The molecular formula is C16H15ClFN5O. The minimum atomic E-state index is -0.498. The molecule has 1 aromatic carbocycles. The Morgan fingerprint density at radius 3 is 2.62 bits per heavy atom. The van der Waals surface area contributed by atoms with Crippen LogP contribution in [-0.4, -0.2) is 44.8 Å². The maximum atomic E-state index is 13.3. The summed E-state index contributed by atoms with van der Waals surface area (Å²) in [6.45, 7) is 2.51. The molecule has 0 saturated heterocycles. The van der Waals surface area contributed by atoms with E-state index < -0.39 is 5.82 Å². The number of rotatable bonds is 4. The van der Waals surface area contributed by atoms with Gasteiger partial charge in [0.15, 0.2) is 0 Å². The number of hydrogen-bond acceptors (Lipinski definition) is 3. The number of halogens is 2. The van der Waals surface area contributed by atoms with Gasteiger partial charge in [-0.05, 0) is 31.2 Å². The zero-order valence-corrected chi connectivity index (χ0v) is 13.9. The Morgan fingerprint density at radius 1 is 1.25 bits per heavy atom. The van der Waals surface area contributed by atoms with Crippen molar-refractivity contribution in [3.8, 4) is 22.5 Å². The number of carbonyl (C=O) groups excluding carboxylic acids is 1. The van der Waals surface area contributed by atoms with Crippen molar-refractivity contribution in [2.75, 3.05) is 13.6 Å². The van der Waals surface area contributed by atoms with Gasteiger partial charge in [-0.15, -0.1) is 0 Å². The SMILES string of the molecule is CCN(C)C(=O)c1cc(-c2n[nH]nc2-c2ccc(F)c(Cl)c2)c[nH]1. The summed E-state index contributed by atoms with van der Waals surface area (Å²) in [6, 6.07) is 6.05. The Labute approximate surface area is 142 Å². The number of nitrogens with one attached hydrogen (secondary N) is 2. The van der Waals surface area contributed by atoms with Gasteiger partial charge in [0, 0.05) is 30.9 Å². The van der Waals surface area contributed by atoms with Crippen LogP contribution in [0.5, 0.6) is 0 Å². The predicted molar refractivity (Wildman–Crippen MR) is 89.2 cm³/mol. The van der Waals surface area contributed by atoms with Crippen LogP contribution in [0.15, 0.2) is 30.5 Å². The monoisotopic (exact) mass is 347 g/mol. The van der Waals surface area contributed by atoms with Gasteiger partial charge in [0.25, 0.3) is 5.91 Å². The van der Waals surface area contributed by atoms with Crippen molar-refractivity contribution >= 4 is 17.5 Å². The highest BCUT2D eigenvalue weighted by Crippen LogP contribution is 2.31. The smallest absolute Gasteiger partial charge is 0.270 e. The fourth-order valence-corrected chi connectivity index (χ4v) is 2.46. The van der Waals surface area contributed by atoms with E-state index in [0.29, 0.717) is 34.8 Å². The van der Waals surface area contributed by atoms with E-state index in [1.807, 2.05) is 6.92 Å². The van der Waals surface area contributed by atoms with Gasteiger partial charge in [-0.25, -0.2) is 4.39 Å². The lowest BCUT2D eigenvalue weighted by Crippen LogP contribution is -2.26. The zero-order chi connectivity index (χ0) is 17.3. The molecule has 3 rings (SSSR count). The average Bonchev–Trinajstić information content (AvgIpc) is 3.24. The van der Waals surface area contributed by atoms with E-state index in [1.165, 1.54) is 12.1 Å². The molecule has 0 aliphatic heterocycles. The van der Waals surface area contributed by atoms with Crippen molar-refractivity contribution < 1.29 is 9.18 Å². The summed E-state index contributed by atoms with van der Waals surface area (Å²) < 4.78 is 13.3. The van der Waals surface area contributed by atoms with Crippen LogP contribution in [-0.2, 0) is 0 Å². The fourth-order valence-electron chi connectivity index (χ4n) is 2.28. The molecule has 6 nitrogen and oxygen atoms in total. The maximum Gasteiger partial charge on any atom is 0.270 e. The molecule has 3 aromatic rings. The average molecular weight is 348 g/mol. The van der Waals surface area contributed by atoms with Crippen LogP contribution in [0.3, 0.4) is 0 Å². The number of nitrogens with zero attached hydrogens (tertiary/aromatic N) is 3. The summed E-state index contributed by atoms with van der Waals surface area (Å²) in [7, 11) is 1.73. The first-order valence-electron chi connectivity index (χ1n) is 7.31. The Hall–Kier alpha value is -2.67. The summed E-state index contributed by atoms with van der Waals surface area (Å²) in [4.78, 5) is 16.7. The van der Waals surface area contributed by atoms with Crippen molar-refractivity contribution in [2.45, 2.75) is 6.92 Å². The van der Waals surface area contributed by atoms with Crippen LogP contribution < -0.4 is 0 Å². The van der Waals surface area contributed by atoms with Crippen LogP contribution in [0, 0.1) is 5.82 Å². The number of benzene rings is 1. The molecule has 124 valence electrons.